The van der Waals surface area contributed by atoms with Gasteiger partial charge in [-0.2, -0.15) is 0 Å². The quantitative estimate of drug-likeness (QED) is 0.802. The fraction of sp³-hybridized carbons (Fsp3) is 0.500. The van der Waals surface area contributed by atoms with E-state index in [4.69, 9.17) is 23.2 Å². The summed E-state index contributed by atoms with van der Waals surface area (Å²) in [6.45, 7) is 2.94. The molecule has 1 aromatic rings. The van der Waals surface area contributed by atoms with E-state index in [1.807, 2.05) is 13.0 Å². The molecule has 0 bridgehead atoms. The molecule has 0 atom stereocenters. The van der Waals surface area contributed by atoms with Gasteiger partial charge in [0.1, 0.15) is 0 Å². The lowest BCUT2D eigenvalue weighted by molar-refractivity contribution is 0.345. The summed E-state index contributed by atoms with van der Waals surface area (Å²) in [6.07, 6.45) is 2.18. The normalized spacial score (nSPS) is 25.0. The van der Waals surface area contributed by atoms with E-state index in [1.54, 1.807) is 0 Å². The summed E-state index contributed by atoms with van der Waals surface area (Å²) in [5.41, 5.74) is 2.43. The average molecular weight is 244 g/mol. The van der Waals surface area contributed by atoms with Gasteiger partial charge in [-0.05, 0) is 37.0 Å². The maximum Gasteiger partial charge on any atom is 0.0435 e. The molecule has 15 heavy (non-hydrogen) atoms. The number of rotatable bonds is 3. The van der Waals surface area contributed by atoms with Crippen LogP contribution in [0.4, 0.5) is 0 Å². The molecule has 0 aliphatic heterocycles. The molecular formula is C12H15Cl2N. The number of halogens is 2. The molecule has 1 aliphatic rings. The molecule has 0 saturated heterocycles. The lowest BCUT2D eigenvalue weighted by atomic mass is 9.92. The van der Waals surface area contributed by atoms with Crippen LogP contribution in [0.3, 0.4) is 0 Å². The van der Waals surface area contributed by atoms with Crippen molar-refractivity contribution in [1.82, 2.24) is 5.32 Å². The summed E-state index contributed by atoms with van der Waals surface area (Å²) in [6, 6.07) is 6.76. The first-order valence-electron chi connectivity index (χ1n) is 5.27. The van der Waals surface area contributed by atoms with Crippen LogP contribution >= 0.6 is 23.2 Å². The van der Waals surface area contributed by atoms with Crippen molar-refractivity contribution in [1.29, 1.82) is 0 Å². The lowest BCUT2D eigenvalue weighted by Crippen LogP contribution is -2.41. The van der Waals surface area contributed by atoms with Gasteiger partial charge in [0.2, 0.25) is 0 Å². The highest BCUT2D eigenvalue weighted by molar-refractivity contribution is 6.31. The van der Waals surface area contributed by atoms with Crippen molar-refractivity contribution < 1.29 is 0 Å². The Balaban J connectivity index is 1.86. The number of alkyl halides is 1. The Morgan fingerprint density at radius 2 is 2.13 bits per heavy atom. The minimum atomic E-state index is 0.384. The minimum absolute atomic E-state index is 0.384. The van der Waals surface area contributed by atoms with Crippen molar-refractivity contribution in [2.75, 3.05) is 0 Å². The maximum absolute atomic E-state index is 5.96. The Labute approximate surface area is 101 Å². The van der Waals surface area contributed by atoms with Crippen molar-refractivity contribution >= 4 is 23.2 Å². The lowest BCUT2D eigenvalue weighted by Gasteiger charge is -2.31. The van der Waals surface area contributed by atoms with E-state index in [-0.39, 0.29) is 0 Å². The molecule has 0 spiro atoms. The third kappa shape index (κ3) is 2.87. The van der Waals surface area contributed by atoms with Gasteiger partial charge < -0.3 is 5.32 Å². The first-order valence-corrected chi connectivity index (χ1v) is 6.09. The monoisotopic (exact) mass is 243 g/mol. The van der Waals surface area contributed by atoms with Crippen molar-refractivity contribution in [2.24, 2.45) is 0 Å². The number of benzene rings is 1. The molecule has 1 aliphatic carbocycles. The van der Waals surface area contributed by atoms with Crippen molar-refractivity contribution in [3.8, 4) is 0 Å². The van der Waals surface area contributed by atoms with Crippen LogP contribution in [0.1, 0.15) is 24.0 Å². The molecule has 1 aromatic carbocycles. The van der Waals surface area contributed by atoms with Gasteiger partial charge in [0.25, 0.3) is 0 Å². The van der Waals surface area contributed by atoms with Gasteiger partial charge in [0.15, 0.2) is 0 Å². The predicted molar refractivity (Wildman–Crippen MR) is 65.7 cm³/mol. The fourth-order valence-electron chi connectivity index (χ4n) is 1.79. The third-order valence-corrected chi connectivity index (χ3v) is 3.68. The van der Waals surface area contributed by atoms with Crippen molar-refractivity contribution in [2.45, 2.75) is 37.7 Å². The standard InChI is InChI=1S/C12H15Cl2N/c1-8-4-9(2-3-12(8)14)7-15-11-5-10(13)6-11/h2-4,10-11,15H,5-7H2,1H3. The SMILES string of the molecule is Cc1cc(CNC2CC(Cl)C2)ccc1Cl. The molecule has 0 heterocycles. The van der Waals surface area contributed by atoms with E-state index in [2.05, 4.69) is 17.4 Å². The van der Waals surface area contributed by atoms with Crippen LogP contribution in [0.2, 0.25) is 5.02 Å². The third-order valence-electron chi connectivity index (χ3n) is 2.90. The summed E-state index contributed by atoms with van der Waals surface area (Å²) in [7, 11) is 0. The van der Waals surface area contributed by atoms with Crippen LogP contribution in [0.25, 0.3) is 0 Å². The molecule has 0 amide bonds. The van der Waals surface area contributed by atoms with Crippen molar-refractivity contribution in [3.63, 3.8) is 0 Å². The minimum Gasteiger partial charge on any atom is -0.310 e. The molecule has 82 valence electrons. The van der Waals surface area contributed by atoms with E-state index in [0.29, 0.717) is 11.4 Å². The number of nitrogens with one attached hydrogen (secondary N) is 1. The second-order valence-corrected chi connectivity index (χ2v) is 5.25. The zero-order valence-electron chi connectivity index (χ0n) is 8.76. The van der Waals surface area contributed by atoms with Crippen molar-refractivity contribution in [3.05, 3.63) is 34.3 Å². The zero-order chi connectivity index (χ0) is 10.8. The van der Waals surface area contributed by atoms with E-state index in [0.717, 1.165) is 30.0 Å². The van der Waals surface area contributed by atoms with Gasteiger partial charge in [-0.15, -0.1) is 11.6 Å². The molecule has 0 radical (unpaired) electrons. The van der Waals surface area contributed by atoms with Crippen LogP contribution in [0.15, 0.2) is 18.2 Å². The molecule has 0 unspecified atom stereocenters. The average Bonchev–Trinajstić information content (AvgIpc) is 2.16. The predicted octanol–water partition coefficient (Wildman–Crippen LogP) is 3.51. The van der Waals surface area contributed by atoms with Crippen LogP contribution in [0.5, 0.6) is 0 Å². The summed E-state index contributed by atoms with van der Waals surface area (Å²) in [5.74, 6) is 0. The van der Waals surface area contributed by atoms with Gasteiger partial charge in [-0.1, -0.05) is 23.7 Å². The highest BCUT2D eigenvalue weighted by Crippen LogP contribution is 2.25. The second kappa shape index (κ2) is 4.73. The molecule has 1 fully saturated rings. The molecule has 1 N–H and O–H groups in total. The Bertz CT molecular complexity index is 345. The summed E-state index contributed by atoms with van der Waals surface area (Å²) >= 11 is 11.9. The van der Waals surface area contributed by atoms with Gasteiger partial charge in [0.05, 0.1) is 0 Å². The number of hydrogen-bond acceptors (Lipinski definition) is 1. The Kier molecular flexibility index (Phi) is 3.55. The maximum atomic E-state index is 5.96. The van der Waals surface area contributed by atoms with Crippen LogP contribution in [0, 0.1) is 6.92 Å². The largest absolute Gasteiger partial charge is 0.310 e. The molecular weight excluding hydrogens is 229 g/mol. The fourth-order valence-corrected chi connectivity index (χ4v) is 2.34. The first-order chi connectivity index (χ1) is 7.15. The van der Waals surface area contributed by atoms with Gasteiger partial charge in [-0.25, -0.2) is 0 Å². The molecule has 0 aromatic heterocycles. The van der Waals surface area contributed by atoms with Gasteiger partial charge >= 0.3 is 0 Å². The zero-order valence-corrected chi connectivity index (χ0v) is 10.3. The summed E-state index contributed by atoms with van der Waals surface area (Å²) in [5, 5.41) is 4.71. The van der Waals surface area contributed by atoms with Crippen LogP contribution in [-0.2, 0) is 6.54 Å². The smallest absolute Gasteiger partial charge is 0.0435 e. The highest BCUT2D eigenvalue weighted by Gasteiger charge is 2.26. The summed E-state index contributed by atoms with van der Waals surface area (Å²) < 4.78 is 0. The van der Waals surface area contributed by atoms with Gasteiger partial charge in [-0.3, -0.25) is 0 Å². The molecule has 3 heteroatoms. The first kappa shape index (κ1) is 11.3. The van der Waals surface area contributed by atoms with Crippen LogP contribution in [-0.4, -0.2) is 11.4 Å². The van der Waals surface area contributed by atoms with Crippen LogP contribution < -0.4 is 5.32 Å². The van der Waals surface area contributed by atoms with Gasteiger partial charge in [0, 0.05) is 23.0 Å². The topological polar surface area (TPSA) is 12.0 Å². The van der Waals surface area contributed by atoms with E-state index >= 15 is 0 Å². The Morgan fingerprint density at radius 1 is 1.40 bits per heavy atom. The second-order valence-electron chi connectivity index (χ2n) is 4.23. The van der Waals surface area contributed by atoms with E-state index < -0.39 is 0 Å². The number of aryl methyl sites for hydroxylation is 1. The highest BCUT2D eigenvalue weighted by atomic mass is 35.5. The Morgan fingerprint density at radius 3 is 2.73 bits per heavy atom. The molecule has 1 saturated carbocycles. The Hall–Kier alpha value is -0.240. The number of hydrogen-bond donors (Lipinski definition) is 1. The summed E-state index contributed by atoms with van der Waals surface area (Å²) in [4.78, 5) is 0. The van der Waals surface area contributed by atoms with E-state index in [1.165, 1.54) is 5.56 Å². The molecule has 1 nitrogen and oxygen atoms in total. The molecule has 2 rings (SSSR count). The van der Waals surface area contributed by atoms with E-state index in [9.17, 15) is 0 Å².